The minimum absolute atomic E-state index is 0.206. The van der Waals surface area contributed by atoms with E-state index >= 15 is 0 Å². The molecular weight excluding hydrogens is 305 g/mol. The van der Waals surface area contributed by atoms with Crippen molar-refractivity contribution < 1.29 is 18.0 Å². The van der Waals surface area contributed by atoms with Crippen LogP contribution in [0.4, 0.5) is 18.9 Å². The summed E-state index contributed by atoms with van der Waals surface area (Å²) in [6.45, 7) is 1.93. The van der Waals surface area contributed by atoms with E-state index in [1.54, 1.807) is 0 Å². The van der Waals surface area contributed by atoms with Crippen LogP contribution in [0, 0.1) is 6.92 Å². The monoisotopic (exact) mass is 320 g/mol. The van der Waals surface area contributed by atoms with Crippen LogP contribution in [0.1, 0.15) is 22.7 Å². The molecule has 0 spiro atoms. The molecule has 0 saturated carbocycles. The number of nitrogens with two attached hydrogens (primary N) is 1. The number of rotatable bonds is 2. The van der Waals surface area contributed by atoms with Gasteiger partial charge in [-0.1, -0.05) is 35.9 Å². The lowest BCUT2D eigenvalue weighted by molar-refractivity contribution is -0.137. The largest absolute Gasteiger partial charge is 0.416 e. The second kappa shape index (κ2) is 5.38. The van der Waals surface area contributed by atoms with Gasteiger partial charge in [-0.15, -0.1) is 0 Å². The molecule has 2 aromatic carbocycles. The van der Waals surface area contributed by atoms with Crippen molar-refractivity contribution in [2.75, 3.05) is 4.90 Å². The zero-order valence-corrected chi connectivity index (χ0v) is 12.3. The number of carbonyl (C=O) groups is 1. The highest BCUT2D eigenvalue weighted by molar-refractivity contribution is 6.05. The molecular formula is C17H15F3N2O. The number of benzene rings is 2. The topological polar surface area (TPSA) is 46.3 Å². The van der Waals surface area contributed by atoms with Crippen molar-refractivity contribution in [3.8, 4) is 0 Å². The molecule has 0 aliphatic carbocycles. The van der Waals surface area contributed by atoms with Gasteiger partial charge in [0.05, 0.1) is 11.6 Å². The first-order chi connectivity index (χ1) is 10.8. The van der Waals surface area contributed by atoms with Gasteiger partial charge in [-0.2, -0.15) is 13.2 Å². The van der Waals surface area contributed by atoms with Crippen molar-refractivity contribution in [3.05, 3.63) is 65.2 Å². The average Bonchev–Trinajstić information content (AvgIpc) is 2.52. The fourth-order valence-corrected chi connectivity index (χ4v) is 2.75. The van der Waals surface area contributed by atoms with Crippen LogP contribution in [-0.2, 0) is 11.0 Å². The number of halogens is 3. The molecule has 0 bridgehead atoms. The minimum Gasteiger partial charge on any atom is -0.318 e. The summed E-state index contributed by atoms with van der Waals surface area (Å²) < 4.78 is 38.6. The second-order valence-electron chi connectivity index (χ2n) is 5.64. The van der Waals surface area contributed by atoms with Gasteiger partial charge in [0.2, 0.25) is 5.91 Å². The molecule has 6 heteroatoms. The fourth-order valence-electron chi connectivity index (χ4n) is 2.75. The number of aryl methyl sites for hydroxylation is 1. The highest BCUT2D eigenvalue weighted by Gasteiger charge is 2.47. The Labute approximate surface area is 131 Å². The Kier molecular flexibility index (Phi) is 3.64. The van der Waals surface area contributed by atoms with E-state index in [1.807, 2.05) is 31.2 Å². The Morgan fingerprint density at radius 3 is 2.35 bits per heavy atom. The van der Waals surface area contributed by atoms with E-state index in [0.717, 1.165) is 23.3 Å². The molecule has 1 aliphatic rings. The number of β-lactam (4-membered cyclic amide) rings is 1. The molecule has 3 rings (SSSR count). The van der Waals surface area contributed by atoms with Gasteiger partial charge in [0.15, 0.2) is 0 Å². The Hall–Kier alpha value is -2.34. The van der Waals surface area contributed by atoms with E-state index in [9.17, 15) is 18.0 Å². The molecule has 2 aromatic rings. The molecule has 120 valence electrons. The molecule has 0 radical (unpaired) electrons. The van der Waals surface area contributed by atoms with Crippen molar-refractivity contribution in [1.82, 2.24) is 0 Å². The predicted octanol–water partition coefficient (Wildman–Crippen LogP) is 3.43. The summed E-state index contributed by atoms with van der Waals surface area (Å²) >= 11 is 0. The molecule has 1 saturated heterocycles. The molecule has 2 atom stereocenters. The van der Waals surface area contributed by atoms with Gasteiger partial charge < -0.3 is 10.6 Å². The minimum atomic E-state index is -4.45. The van der Waals surface area contributed by atoms with E-state index < -0.39 is 23.8 Å². The molecule has 1 amide bonds. The molecule has 2 N–H and O–H groups in total. The van der Waals surface area contributed by atoms with E-state index in [4.69, 9.17) is 5.73 Å². The van der Waals surface area contributed by atoms with Gasteiger partial charge in [0, 0.05) is 5.69 Å². The smallest absolute Gasteiger partial charge is 0.318 e. The van der Waals surface area contributed by atoms with Crippen molar-refractivity contribution in [2.24, 2.45) is 5.73 Å². The summed E-state index contributed by atoms with van der Waals surface area (Å²) in [6.07, 6.45) is -4.45. The first-order valence-electron chi connectivity index (χ1n) is 7.11. The van der Waals surface area contributed by atoms with Crippen LogP contribution in [0.15, 0.2) is 48.5 Å². The Bertz CT molecular complexity index is 740. The van der Waals surface area contributed by atoms with Crippen LogP contribution in [0.5, 0.6) is 0 Å². The van der Waals surface area contributed by atoms with E-state index in [-0.39, 0.29) is 11.6 Å². The number of alkyl halides is 3. The maximum absolute atomic E-state index is 12.9. The highest BCUT2D eigenvalue weighted by atomic mass is 19.4. The predicted molar refractivity (Wildman–Crippen MR) is 80.8 cm³/mol. The Morgan fingerprint density at radius 2 is 1.74 bits per heavy atom. The van der Waals surface area contributed by atoms with E-state index in [0.29, 0.717) is 0 Å². The molecule has 1 fully saturated rings. The fraction of sp³-hybridized carbons (Fsp3) is 0.235. The molecule has 23 heavy (non-hydrogen) atoms. The zero-order valence-electron chi connectivity index (χ0n) is 12.3. The number of carbonyl (C=O) groups excluding carboxylic acids is 1. The SMILES string of the molecule is Cc1ccc([C@@H]2[C@@H](N)C(=O)N2c2cccc(C(F)(F)F)c2)cc1. The lowest BCUT2D eigenvalue weighted by Crippen LogP contribution is -2.63. The second-order valence-corrected chi connectivity index (χ2v) is 5.64. The molecule has 1 aliphatic heterocycles. The first kappa shape index (κ1) is 15.6. The van der Waals surface area contributed by atoms with Crippen LogP contribution < -0.4 is 10.6 Å². The standard InChI is InChI=1S/C17H15F3N2O/c1-10-5-7-11(8-6-10)15-14(21)16(23)22(15)13-4-2-3-12(9-13)17(18,19)20/h2-9,14-15H,21H2,1H3/t14-,15-/m1/s1. The summed E-state index contributed by atoms with van der Waals surface area (Å²) in [6, 6.07) is 11.0. The summed E-state index contributed by atoms with van der Waals surface area (Å²) in [4.78, 5) is 13.4. The summed E-state index contributed by atoms with van der Waals surface area (Å²) in [5, 5.41) is 0. The van der Waals surface area contributed by atoms with Crippen molar-refractivity contribution in [2.45, 2.75) is 25.2 Å². The molecule has 0 aromatic heterocycles. The number of hydrogen-bond acceptors (Lipinski definition) is 2. The van der Waals surface area contributed by atoms with Gasteiger partial charge in [-0.25, -0.2) is 0 Å². The normalized spacial score (nSPS) is 21.3. The molecule has 1 heterocycles. The third-order valence-corrected chi connectivity index (χ3v) is 4.01. The third-order valence-electron chi connectivity index (χ3n) is 4.01. The Balaban J connectivity index is 1.98. The van der Waals surface area contributed by atoms with Crippen LogP contribution >= 0.6 is 0 Å². The third kappa shape index (κ3) is 2.70. The molecule has 0 unspecified atom stereocenters. The van der Waals surface area contributed by atoms with Gasteiger partial charge in [-0.3, -0.25) is 4.79 Å². The van der Waals surface area contributed by atoms with Gasteiger partial charge in [0.1, 0.15) is 6.04 Å². The van der Waals surface area contributed by atoms with Crippen LogP contribution in [0.3, 0.4) is 0 Å². The zero-order chi connectivity index (χ0) is 16.8. The number of anilines is 1. The molecule has 3 nitrogen and oxygen atoms in total. The number of amides is 1. The Morgan fingerprint density at radius 1 is 1.09 bits per heavy atom. The lowest BCUT2D eigenvalue weighted by atomic mass is 9.88. The van der Waals surface area contributed by atoms with Gasteiger partial charge in [0.25, 0.3) is 0 Å². The number of hydrogen-bond donors (Lipinski definition) is 1. The van der Waals surface area contributed by atoms with Gasteiger partial charge in [-0.05, 0) is 30.7 Å². The number of nitrogens with zero attached hydrogens (tertiary/aromatic N) is 1. The summed E-state index contributed by atoms with van der Waals surface area (Å²) in [5.41, 5.74) is 7.15. The van der Waals surface area contributed by atoms with Crippen molar-refractivity contribution in [1.29, 1.82) is 0 Å². The van der Waals surface area contributed by atoms with Crippen molar-refractivity contribution in [3.63, 3.8) is 0 Å². The van der Waals surface area contributed by atoms with Crippen molar-refractivity contribution >= 4 is 11.6 Å². The van der Waals surface area contributed by atoms with E-state index in [2.05, 4.69) is 0 Å². The highest BCUT2D eigenvalue weighted by Crippen LogP contribution is 2.40. The van der Waals surface area contributed by atoms with Crippen LogP contribution in [-0.4, -0.2) is 11.9 Å². The lowest BCUT2D eigenvalue weighted by Gasteiger charge is -2.45. The summed E-state index contributed by atoms with van der Waals surface area (Å²) in [5.74, 6) is -0.380. The van der Waals surface area contributed by atoms with Crippen LogP contribution in [0.25, 0.3) is 0 Å². The quantitative estimate of drug-likeness (QED) is 0.862. The van der Waals surface area contributed by atoms with Gasteiger partial charge >= 0.3 is 6.18 Å². The van der Waals surface area contributed by atoms with E-state index in [1.165, 1.54) is 17.0 Å². The first-order valence-corrected chi connectivity index (χ1v) is 7.11. The average molecular weight is 320 g/mol. The van der Waals surface area contributed by atoms with Crippen LogP contribution in [0.2, 0.25) is 0 Å². The summed E-state index contributed by atoms with van der Waals surface area (Å²) in [7, 11) is 0. The maximum Gasteiger partial charge on any atom is 0.416 e. The maximum atomic E-state index is 12.9.